The van der Waals surface area contributed by atoms with Gasteiger partial charge in [0.25, 0.3) is 5.91 Å². The number of nitrogens with one attached hydrogen (secondary N) is 1. The van der Waals surface area contributed by atoms with Crippen molar-refractivity contribution in [2.45, 2.75) is 46.6 Å². The van der Waals surface area contributed by atoms with Crippen molar-refractivity contribution in [1.29, 1.82) is 0 Å². The number of para-hydroxylation sites is 1. The third-order valence-electron chi connectivity index (χ3n) is 6.16. The number of nitrogens with zero attached hydrogens (tertiary/aromatic N) is 1. The molecule has 0 bridgehead atoms. The van der Waals surface area contributed by atoms with Gasteiger partial charge in [-0.2, -0.15) is 0 Å². The molecule has 1 aliphatic rings. The largest absolute Gasteiger partial charge is 0.496 e. The number of aliphatic imine (C=N–C) groups is 1. The lowest BCUT2D eigenvalue weighted by Gasteiger charge is -2.33. The molecule has 0 aliphatic heterocycles. The van der Waals surface area contributed by atoms with Gasteiger partial charge in [-0.05, 0) is 60.4 Å². The minimum atomic E-state index is -0.0970. The summed E-state index contributed by atoms with van der Waals surface area (Å²) in [5.41, 5.74) is 2.98. The highest BCUT2D eigenvalue weighted by molar-refractivity contribution is 7.16. The zero-order chi connectivity index (χ0) is 22.7. The first-order valence-corrected chi connectivity index (χ1v) is 11.8. The average Bonchev–Trinajstić information content (AvgIpc) is 3.42. The fourth-order valence-corrected chi connectivity index (χ4v) is 5.47. The Kier molecular flexibility index (Phi) is 6.51. The first-order valence-electron chi connectivity index (χ1n) is 11.0. The quantitative estimate of drug-likeness (QED) is 0.456. The minimum absolute atomic E-state index is 0.0970. The predicted molar refractivity (Wildman–Crippen MR) is 129 cm³/mol. The summed E-state index contributed by atoms with van der Waals surface area (Å²) in [4.78, 5) is 19.3. The highest BCUT2D eigenvalue weighted by Crippen LogP contribution is 2.45. The third-order valence-corrected chi connectivity index (χ3v) is 7.32. The number of hydrogen-bond donors (Lipinski definition) is 1. The maximum atomic E-state index is 13.3. The molecule has 4 rings (SSSR count). The highest BCUT2D eigenvalue weighted by atomic mass is 32.1. The number of furan rings is 1. The molecule has 1 atom stereocenters. The van der Waals surface area contributed by atoms with Gasteiger partial charge in [0.05, 0.1) is 25.5 Å². The smallest absolute Gasteiger partial charge is 0.255 e. The van der Waals surface area contributed by atoms with Crippen molar-refractivity contribution in [1.82, 2.24) is 5.32 Å². The number of carbonyl (C=O) groups excluding carboxylic acids is 1. The summed E-state index contributed by atoms with van der Waals surface area (Å²) >= 11 is 1.64. The zero-order valence-corrected chi connectivity index (χ0v) is 19.9. The first kappa shape index (κ1) is 22.3. The van der Waals surface area contributed by atoms with E-state index in [1.807, 2.05) is 36.4 Å². The molecule has 1 aliphatic carbocycles. The summed E-state index contributed by atoms with van der Waals surface area (Å²) in [6.07, 6.45) is 6.39. The summed E-state index contributed by atoms with van der Waals surface area (Å²) in [5, 5.41) is 3.77. The van der Waals surface area contributed by atoms with Crippen molar-refractivity contribution in [2.75, 3.05) is 7.11 Å². The molecular formula is C26H30N2O3S. The van der Waals surface area contributed by atoms with Crippen molar-refractivity contribution in [3.05, 3.63) is 70.0 Å². The predicted octanol–water partition coefficient (Wildman–Crippen LogP) is 6.18. The van der Waals surface area contributed by atoms with Crippen LogP contribution in [0.5, 0.6) is 5.75 Å². The van der Waals surface area contributed by atoms with Crippen molar-refractivity contribution in [3.63, 3.8) is 0 Å². The van der Waals surface area contributed by atoms with E-state index >= 15 is 0 Å². The van der Waals surface area contributed by atoms with Crippen LogP contribution in [-0.4, -0.2) is 19.2 Å². The molecule has 32 heavy (non-hydrogen) atoms. The molecule has 0 radical (unpaired) electrons. The molecule has 0 saturated heterocycles. The Balaban J connectivity index is 1.67. The number of rotatable bonds is 6. The number of hydrogen-bond acceptors (Lipinski definition) is 5. The monoisotopic (exact) mass is 450 g/mol. The van der Waals surface area contributed by atoms with Crippen molar-refractivity contribution >= 4 is 28.5 Å². The average molecular weight is 451 g/mol. The lowest BCUT2D eigenvalue weighted by atomic mass is 9.72. The fourth-order valence-electron chi connectivity index (χ4n) is 4.21. The van der Waals surface area contributed by atoms with Crippen molar-refractivity contribution < 1.29 is 13.9 Å². The Labute approximate surface area is 193 Å². The molecule has 3 aromatic rings. The molecule has 0 fully saturated rings. The van der Waals surface area contributed by atoms with Crippen LogP contribution in [0.25, 0.3) is 0 Å². The van der Waals surface area contributed by atoms with Gasteiger partial charge in [0.2, 0.25) is 0 Å². The van der Waals surface area contributed by atoms with Crippen LogP contribution in [0.1, 0.15) is 59.3 Å². The number of carbonyl (C=O) groups is 1. The van der Waals surface area contributed by atoms with E-state index in [-0.39, 0.29) is 11.3 Å². The van der Waals surface area contributed by atoms with Gasteiger partial charge in [-0.1, -0.05) is 32.9 Å². The SMILES string of the molecule is COc1ccccc1C=Nc1sc2c(c1C(=O)NCc1ccco1)CC[C@H](C(C)(C)C)C2. The molecule has 0 unspecified atom stereocenters. The highest BCUT2D eigenvalue weighted by Gasteiger charge is 2.33. The van der Waals surface area contributed by atoms with Crippen LogP contribution in [0.4, 0.5) is 5.00 Å². The van der Waals surface area contributed by atoms with E-state index < -0.39 is 0 Å². The molecule has 0 saturated carbocycles. The maximum Gasteiger partial charge on any atom is 0.255 e. The summed E-state index contributed by atoms with van der Waals surface area (Å²) in [5.74, 6) is 1.99. The van der Waals surface area contributed by atoms with E-state index in [4.69, 9.17) is 14.1 Å². The molecule has 1 amide bonds. The number of ether oxygens (including phenoxy) is 1. The Hall–Kier alpha value is -2.86. The number of methoxy groups -OCH3 is 1. The maximum absolute atomic E-state index is 13.3. The molecular weight excluding hydrogens is 420 g/mol. The minimum Gasteiger partial charge on any atom is -0.496 e. The van der Waals surface area contributed by atoms with Crippen molar-refractivity contribution in [3.8, 4) is 5.75 Å². The van der Waals surface area contributed by atoms with Crippen LogP contribution >= 0.6 is 11.3 Å². The third kappa shape index (κ3) is 4.80. The van der Waals surface area contributed by atoms with Gasteiger partial charge in [0, 0.05) is 16.7 Å². The van der Waals surface area contributed by atoms with Crippen LogP contribution in [0, 0.1) is 11.3 Å². The normalized spacial score (nSPS) is 16.2. The van der Waals surface area contributed by atoms with E-state index in [0.717, 1.165) is 46.9 Å². The first-order chi connectivity index (χ1) is 15.4. The van der Waals surface area contributed by atoms with Crippen LogP contribution in [0.2, 0.25) is 0 Å². The standard InChI is InChI=1S/C26H30N2O3S/c1-26(2,3)18-11-12-20-22(14-18)32-25(28-15-17-8-5-6-10-21(17)30-4)23(20)24(29)27-16-19-9-7-13-31-19/h5-10,13,15,18H,11-12,14,16H2,1-4H3,(H,27,29)/t18-/m0/s1. The second-order valence-electron chi connectivity index (χ2n) is 9.25. The Bertz CT molecular complexity index is 1110. The van der Waals surface area contributed by atoms with E-state index in [2.05, 4.69) is 26.1 Å². The molecule has 168 valence electrons. The molecule has 5 nitrogen and oxygen atoms in total. The van der Waals surface area contributed by atoms with Crippen LogP contribution in [-0.2, 0) is 19.4 Å². The van der Waals surface area contributed by atoms with E-state index in [0.29, 0.717) is 18.0 Å². The second-order valence-corrected chi connectivity index (χ2v) is 10.3. The van der Waals surface area contributed by atoms with Crippen LogP contribution < -0.4 is 10.1 Å². The Morgan fingerprint density at radius 3 is 2.81 bits per heavy atom. The summed E-state index contributed by atoms with van der Waals surface area (Å²) in [6.45, 7) is 7.26. The molecule has 2 heterocycles. The van der Waals surface area contributed by atoms with Crippen LogP contribution in [0.15, 0.2) is 52.1 Å². The molecule has 0 spiro atoms. The van der Waals surface area contributed by atoms with Gasteiger partial charge in [0.15, 0.2) is 0 Å². The second kappa shape index (κ2) is 9.33. The number of amides is 1. The van der Waals surface area contributed by atoms with Crippen molar-refractivity contribution in [2.24, 2.45) is 16.3 Å². The molecule has 6 heteroatoms. The van der Waals surface area contributed by atoms with Gasteiger partial charge in [-0.3, -0.25) is 4.79 Å². The number of thiophene rings is 1. The number of benzene rings is 1. The lowest BCUT2D eigenvalue weighted by Crippen LogP contribution is -2.28. The summed E-state index contributed by atoms with van der Waals surface area (Å²) in [7, 11) is 1.65. The molecule has 1 aromatic carbocycles. The van der Waals surface area contributed by atoms with E-state index in [1.54, 1.807) is 30.9 Å². The van der Waals surface area contributed by atoms with Gasteiger partial charge in [0.1, 0.15) is 16.5 Å². The van der Waals surface area contributed by atoms with E-state index in [9.17, 15) is 4.79 Å². The lowest BCUT2D eigenvalue weighted by molar-refractivity contribution is 0.0947. The molecule has 2 aromatic heterocycles. The van der Waals surface area contributed by atoms with Gasteiger partial charge in [-0.15, -0.1) is 11.3 Å². The van der Waals surface area contributed by atoms with Gasteiger partial charge in [-0.25, -0.2) is 4.99 Å². The summed E-state index contributed by atoms with van der Waals surface area (Å²) in [6, 6.07) is 11.4. The van der Waals surface area contributed by atoms with Crippen LogP contribution in [0.3, 0.4) is 0 Å². The Morgan fingerprint density at radius 2 is 2.09 bits per heavy atom. The fraction of sp³-hybridized carbons (Fsp3) is 0.385. The molecule has 1 N–H and O–H groups in total. The van der Waals surface area contributed by atoms with Gasteiger partial charge >= 0.3 is 0 Å². The van der Waals surface area contributed by atoms with Gasteiger partial charge < -0.3 is 14.5 Å². The topological polar surface area (TPSA) is 63.8 Å². The Morgan fingerprint density at radius 1 is 1.28 bits per heavy atom. The zero-order valence-electron chi connectivity index (χ0n) is 19.1. The van der Waals surface area contributed by atoms with E-state index in [1.165, 1.54) is 4.88 Å². The summed E-state index contributed by atoms with van der Waals surface area (Å²) < 4.78 is 10.8. The number of fused-ring (bicyclic) bond motifs is 1.